The molecule has 6 amide bonds. The molecule has 12 heteroatoms. The highest BCUT2D eigenvalue weighted by Gasteiger charge is 2.44. The van der Waals surface area contributed by atoms with Crippen LogP contribution in [0.2, 0.25) is 0 Å². The van der Waals surface area contributed by atoms with Crippen LogP contribution in [0.4, 0.5) is 0 Å². The molecule has 0 aromatic heterocycles. The number of hydrogen-bond acceptors (Lipinski definition) is 6. The molecule has 0 saturated heterocycles. The van der Waals surface area contributed by atoms with Crippen molar-refractivity contribution in [1.82, 2.24) is 31.9 Å². The smallest absolute Gasteiger partial charge is 0.221 e. The molecule has 6 N–H and O–H groups in total. The Morgan fingerprint density at radius 1 is 0.510 bits per heavy atom. The van der Waals surface area contributed by atoms with Crippen LogP contribution >= 0.6 is 0 Å². The molecule has 2 aliphatic rings. The first-order chi connectivity index (χ1) is 24.1. The number of nitrogens with one attached hydrogen (secondary N) is 6. The van der Waals surface area contributed by atoms with Gasteiger partial charge in [0.05, 0.1) is 19.6 Å². The van der Waals surface area contributed by atoms with Gasteiger partial charge >= 0.3 is 0 Å². The number of amides is 6. The zero-order chi connectivity index (χ0) is 37.9. The van der Waals surface area contributed by atoms with Gasteiger partial charge in [-0.25, -0.2) is 0 Å². The minimum Gasteiger partial charge on any atom is -0.351 e. The molecule has 0 aromatic rings. The third-order valence-electron chi connectivity index (χ3n) is 9.71. The van der Waals surface area contributed by atoms with Crippen LogP contribution in [0.5, 0.6) is 0 Å². The van der Waals surface area contributed by atoms with Gasteiger partial charge in [-0.3, -0.25) is 28.8 Å². The molecule has 5 atom stereocenters. The van der Waals surface area contributed by atoms with Crippen molar-refractivity contribution in [2.75, 3.05) is 19.6 Å². The van der Waals surface area contributed by atoms with Gasteiger partial charge in [-0.15, -0.1) is 19.3 Å². The number of carbonyl (C=O) groups excluding carboxylic acids is 6. The third kappa shape index (κ3) is 17.3. The zero-order valence-electron chi connectivity index (χ0n) is 30.8. The summed E-state index contributed by atoms with van der Waals surface area (Å²) in [5.41, 5.74) is -2.53. The Morgan fingerprint density at radius 3 is 1.24 bits per heavy atom. The van der Waals surface area contributed by atoms with E-state index in [1.807, 2.05) is 20.8 Å². The van der Waals surface area contributed by atoms with Crippen LogP contribution in [-0.4, -0.2) is 71.7 Å². The lowest BCUT2D eigenvalue weighted by molar-refractivity contribution is -0.129. The van der Waals surface area contributed by atoms with Crippen LogP contribution in [0, 0.1) is 48.9 Å². The average molecular weight is 707 g/mol. The van der Waals surface area contributed by atoms with E-state index in [9.17, 15) is 28.8 Å². The number of carbonyl (C=O) groups is 6. The Bertz CT molecular complexity index is 1380. The SMILES string of the molecule is C#CCNC(=O)CCC(=O)NC1(C)CCCCC2CC2CCCC(C)(NC(=O)CCC(=O)NCC#C)CC(C)(NC(=O)CCC(=O)NCC#C)C1. The molecule has 0 bridgehead atoms. The van der Waals surface area contributed by atoms with E-state index < -0.39 is 16.6 Å². The number of rotatable bonds is 15. The van der Waals surface area contributed by atoms with Crippen molar-refractivity contribution in [2.24, 2.45) is 11.8 Å². The van der Waals surface area contributed by atoms with E-state index >= 15 is 0 Å². The van der Waals surface area contributed by atoms with Crippen molar-refractivity contribution >= 4 is 35.4 Å². The Balaban J connectivity index is 2.38. The van der Waals surface area contributed by atoms with Crippen LogP contribution in [-0.2, 0) is 28.8 Å². The summed E-state index contributed by atoms with van der Waals surface area (Å²) in [6, 6.07) is 0. The number of hydrogen-bond donors (Lipinski definition) is 6. The number of fused-ring (bicyclic) bond motifs is 1. The normalized spacial score (nSPS) is 26.1. The largest absolute Gasteiger partial charge is 0.351 e. The Labute approximate surface area is 304 Å². The van der Waals surface area contributed by atoms with Gasteiger partial charge in [-0.1, -0.05) is 49.9 Å². The van der Waals surface area contributed by atoms with Crippen molar-refractivity contribution < 1.29 is 28.8 Å². The molecule has 2 saturated carbocycles. The highest BCUT2D eigenvalue weighted by atomic mass is 16.2. The molecular formula is C39H58N6O6. The van der Waals surface area contributed by atoms with Crippen LogP contribution < -0.4 is 31.9 Å². The van der Waals surface area contributed by atoms with Gasteiger partial charge in [-0.05, 0) is 64.7 Å². The predicted molar refractivity (Wildman–Crippen MR) is 196 cm³/mol. The van der Waals surface area contributed by atoms with Gasteiger partial charge in [-0.2, -0.15) is 0 Å². The summed E-state index contributed by atoms with van der Waals surface area (Å²) in [7, 11) is 0. The molecule has 51 heavy (non-hydrogen) atoms. The van der Waals surface area contributed by atoms with E-state index in [2.05, 4.69) is 49.7 Å². The standard InChI is InChI=1S/C39H58N6O6/c1-7-23-40-31(46)15-18-34(49)43-37(4)21-11-10-13-29-26-30(29)14-12-22-38(5,44-35(50)19-16-32(47)41-24-8-2)28-39(6,27-37)45-36(51)20-17-33(48)42-25-9-3/h1-3,29-30H,10-28H2,4-6H3,(H,40,46)(H,41,47)(H,42,48)(H,43,49)(H,44,50)(H,45,51). The summed E-state index contributed by atoms with van der Waals surface area (Å²) in [5.74, 6) is 6.43. The molecule has 0 spiro atoms. The van der Waals surface area contributed by atoms with Crippen molar-refractivity contribution in [3.63, 3.8) is 0 Å². The molecule has 0 heterocycles. The summed E-state index contributed by atoms with van der Waals surface area (Å²) >= 11 is 0. The highest BCUT2D eigenvalue weighted by molar-refractivity contribution is 5.85. The summed E-state index contributed by atoms with van der Waals surface area (Å²) < 4.78 is 0. The highest BCUT2D eigenvalue weighted by Crippen LogP contribution is 2.47. The second-order valence-electron chi connectivity index (χ2n) is 15.0. The molecule has 0 aliphatic heterocycles. The molecule has 5 unspecified atom stereocenters. The fraction of sp³-hybridized carbons (Fsp3) is 0.692. The van der Waals surface area contributed by atoms with Gasteiger partial charge in [0.2, 0.25) is 35.4 Å². The van der Waals surface area contributed by atoms with Crippen LogP contribution in [0.3, 0.4) is 0 Å². The van der Waals surface area contributed by atoms with E-state index in [0.29, 0.717) is 37.5 Å². The minimum atomic E-state index is -0.961. The summed E-state index contributed by atoms with van der Waals surface area (Å²) in [6.07, 6.45) is 23.4. The van der Waals surface area contributed by atoms with Gasteiger partial charge in [0.25, 0.3) is 0 Å². The molecule has 2 rings (SSSR count). The fourth-order valence-corrected chi connectivity index (χ4v) is 7.55. The molecular weight excluding hydrogens is 648 g/mol. The molecule has 12 nitrogen and oxygen atoms in total. The molecule has 0 aromatic carbocycles. The Morgan fingerprint density at radius 2 is 0.843 bits per heavy atom. The van der Waals surface area contributed by atoms with E-state index in [1.165, 1.54) is 6.42 Å². The lowest BCUT2D eigenvalue weighted by Crippen LogP contribution is -2.61. The van der Waals surface area contributed by atoms with E-state index in [4.69, 9.17) is 19.3 Å². The maximum Gasteiger partial charge on any atom is 0.221 e. The molecule has 2 fully saturated rings. The van der Waals surface area contributed by atoms with Crippen LogP contribution in [0.1, 0.15) is 124 Å². The van der Waals surface area contributed by atoms with Gasteiger partial charge in [0.15, 0.2) is 0 Å². The van der Waals surface area contributed by atoms with Crippen molar-refractivity contribution in [3.8, 4) is 37.0 Å². The minimum absolute atomic E-state index is 0.0199. The van der Waals surface area contributed by atoms with Crippen molar-refractivity contribution in [2.45, 2.75) is 140 Å². The second kappa shape index (κ2) is 21.0. The van der Waals surface area contributed by atoms with Crippen LogP contribution in [0.25, 0.3) is 0 Å². The topological polar surface area (TPSA) is 175 Å². The first-order valence-electron chi connectivity index (χ1n) is 18.2. The van der Waals surface area contributed by atoms with Crippen molar-refractivity contribution in [3.05, 3.63) is 0 Å². The van der Waals surface area contributed by atoms with Gasteiger partial charge < -0.3 is 31.9 Å². The first kappa shape index (κ1) is 42.7. The van der Waals surface area contributed by atoms with Crippen LogP contribution in [0.15, 0.2) is 0 Å². The second-order valence-corrected chi connectivity index (χ2v) is 15.0. The lowest BCUT2D eigenvalue weighted by Gasteiger charge is -2.46. The van der Waals surface area contributed by atoms with E-state index in [1.54, 1.807) is 0 Å². The van der Waals surface area contributed by atoms with E-state index in [-0.39, 0.29) is 93.6 Å². The molecule has 280 valence electrons. The molecule has 0 radical (unpaired) electrons. The fourth-order valence-electron chi connectivity index (χ4n) is 7.55. The lowest BCUT2D eigenvalue weighted by atomic mass is 9.73. The van der Waals surface area contributed by atoms with E-state index in [0.717, 1.165) is 32.1 Å². The maximum atomic E-state index is 13.5. The van der Waals surface area contributed by atoms with Crippen molar-refractivity contribution in [1.29, 1.82) is 0 Å². The average Bonchev–Trinajstić information content (AvgIpc) is 3.81. The number of terminal acetylenes is 3. The summed E-state index contributed by atoms with van der Waals surface area (Å²) in [5, 5.41) is 17.3. The van der Waals surface area contributed by atoms with Gasteiger partial charge in [0, 0.05) is 55.1 Å². The zero-order valence-corrected chi connectivity index (χ0v) is 30.8. The summed E-state index contributed by atoms with van der Waals surface area (Å²) in [4.78, 5) is 76.7. The quantitative estimate of drug-likeness (QED) is 0.143. The maximum absolute atomic E-state index is 13.5. The molecule has 2 aliphatic carbocycles. The Hall–Kier alpha value is -4.50. The Kier molecular flexibility index (Phi) is 17.6. The predicted octanol–water partition coefficient (Wildman–Crippen LogP) is 2.36. The summed E-state index contributed by atoms with van der Waals surface area (Å²) in [6.45, 7) is 6.05. The third-order valence-corrected chi connectivity index (χ3v) is 9.71. The van der Waals surface area contributed by atoms with Gasteiger partial charge in [0.1, 0.15) is 0 Å². The monoisotopic (exact) mass is 706 g/mol. The first-order valence-corrected chi connectivity index (χ1v) is 18.2.